The third-order valence-electron chi connectivity index (χ3n) is 3.56. The van der Waals surface area contributed by atoms with E-state index in [1.807, 2.05) is 35.6 Å². The molecule has 0 aliphatic rings. The fourth-order valence-corrected chi connectivity index (χ4v) is 2.27. The van der Waals surface area contributed by atoms with Crippen LogP contribution < -0.4 is 5.32 Å². The van der Waals surface area contributed by atoms with Crippen molar-refractivity contribution >= 4 is 17.6 Å². The largest absolute Gasteiger partial charge is 0.471 e. The minimum atomic E-state index is -5.02. The molecule has 0 aliphatic carbocycles. The van der Waals surface area contributed by atoms with Crippen LogP contribution in [0.1, 0.15) is 21.5 Å². The third-order valence-corrected chi connectivity index (χ3v) is 3.56. The first-order chi connectivity index (χ1) is 11.8. The van der Waals surface area contributed by atoms with E-state index in [4.69, 9.17) is 0 Å². The lowest BCUT2D eigenvalue weighted by atomic mass is 10.0. The third kappa shape index (κ3) is 5.07. The lowest BCUT2D eigenvalue weighted by Gasteiger charge is -2.14. The molecule has 0 saturated heterocycles. The molecule has 25 heavy (non-hydrogen) atoms. The van der Waals surface area contributed by atoms with Gasteiger partial charge in [0, 0.05) is 5.69 Å². The molecule has 7 heteroatoms. The summed E-state index contributed by atoms with van der Waals surface area (Å²) in [5.74, 6) is -2.78. The van der Waals surface area contributed by atoms with Gasteiger partial charge >= 0.3 is 18.1 Å². The number of methoxy groups -OCH3 is 1. The average Bonchev–Trinajstić information content (AvgIpc) is 2.60. The monoisotopic (exact) mass is 351 g/mol. The summed E-state index contributed by atoms with van der Waals surface area (Å²) < 4.78 is 42.2. The summed E-state index contributed by atoms with van der Waals surface area (Å²) in [7, 11) is 1.17. The second kappa shape index (κ2) is 7.83. The Morgan fingerprint density at radius 2 is 1.72 bits per heavy atom. The van der Waals surface area contributed by atoms with Gasteiger partial charge in [0.2, 0.25) is 0 Å². The number of benzene rings is 2. The van der Waals surface area contributed by atoms with Crippen molar-refractivity contribution < 1.29 is 27.5 Å². The first kappa shape index (κ1) is 18.5. The number of carbonyl (C=O) groups excluding carboxylic acids is 2. The maximum atomic E-state index is 12.5. The Morgan fingerprint density at radius 1 is 1.04 bits per heavy atom. The number of anilines is 1. The minimum absolute atomic E-state index is 0.0545. The summed E-state index contributed by atoms with van der Waals surface area (Å²) in [5.41, 5.74) is 1.51. The Hall–Kier alpha value is -2.83. The molecule has 0 bridgehead atoms. The zero-order valence-electron chi connectivity index (χ0n) is 13.4. The molecule has 2 aromatic rings. The van der Waals surface area contributed by atoms with Crippen LogP contribution in [0.15, 0.2) is 48.5 Å². The van der Waals surface area contributed by atoms with Crippen LogP contribution in [0.2, 0.25) is 0 Å². The van der Waals surface area contributed by atoms with Gasteiger partial charge in [-0.2, -0.15) is 13.2 Å². The van der Waals surface area contributed by atoms with Gasteiger partial charge in [0.25, 0.3) is 0 Å². The maximum Gasteiger partial charge on any atom is 0.471 e. The van der Waals surface area contributed by atoms with Crippen LogP contribution in [0.25, 0.3) is 0 Å². The summed E-state index contributed by atoms with van der Waals surface area (Å²) in [6.45, 7) is 0. The lowest BCUT2D eigenvalue weighted by molar-refractivity contribution is -0.167. The fraction of sp³-hybridized carbons (Fsp3) is 0.222. The highest BCUT2D eigenvalue weighted by Gasteiger charge is 2.39. The summed E-state index contributed by atoms with van der Waals surface area (Å²) >= 11 is 0. The molecule has 1 N–H and O–H groups in total. The highest BCUT2D eigenvalue weighted by Crippen LogP contribution is 2.24. The van der Waals surface area contributed by atoms with E-state index in [-0.39, 0.29) is 11.3 Å². The summed E-state index contributed by atoms with van der Waals surface area (Å²) in [4.78, 5) is 22.8. The predicted molar refractivity (Wildman–Crippen MR) is 86.3 cm³/mol. The zero-order valence-corrected chi connectivity index (χ0v) is 13.4. The van der Waals surface area contributed by atoms with E-state index in [0.29, 0.717) is 18.4 Å². The van der Waals surface area contributed by atoms with E-state index in [9.17, 15) is 22.8 Å². The highest BCUT2D eigenvalue weighted by molar-refractivity contribution is 5.97. The van der Waals surface area contributed by atoms with E-state index in [1.165, 1.54) is 25.3 Å². The van der Waals surface area contributed by atoms with Crippen LogP contribution in [0, 0.1) is 0 Å². The Kier molecular flexibility index (Phi) is 5.80. The number of ether oxygens (including phenoxy) is 1. The minimum Gasteiger partial charge on any atom is -0.465 e. The Morgan fingerprint density at radius 3 is 2.32 bits per heavy atom. The van der Waals surface area contributed by atoms with Crippen LogP contribution in [-0.4, -0.2) is 25.2 Å². The number of rotatable bonds is 5. The molecule has 0 spiro atoms. The molecule has 2 aromatic carbocycles. The molecule has 0 radical (unpaired) electrons. The van der Waals surface area contributed by atoms with E-state index in [2.05, 4.69) is 4.74 Å². The van der Waals surface area contributed by atoms with Gasteiger partial charge in [0.1, 0.15) is 0 Å². The molecule has 0 heterocycles. The van der Waals surface area contributed by atoms with Crippen LogP contribution in [0.3, 0.4) is 0 Å². The van der Waals surface area contributed by atoms with Crippen LogP contribution in [0.5, 0.6) is 0 Å². The molecule has 0 atom stereocenters. The quantitative estimate of drug-likeness (QED) is 0.835. The van der Waals surface area contributed by atoms with E-state index < -0.39 is 18.1 Å². The Labute approximate surface area is 142 Å². The molecule has 0 aromatic heterocycles. The van der Waals surface area contributed by atoms with Gasteiger partial charge < -0.3 is 10.1 Å². The van der Waals surface area contributed by atoms with Crippen molar-refractivity contribution in [2.24, 2.45) is 0 Å². The fourth-order valence-electron chi connectivity index (χ4n) is 2.27. The van der Waals surface area contributed by atoms with Crippen molar-refractivity contribution in [3.05, 3.63) is 65.2 Å². The molecule has 2 rings (SSSR count). The topological polar surface area (TPSA) is 55.4 Å². The molecule has 1 amide bonds. The normalized spacial score (nSPS) is 11.0. The van der Waals surface area contributed by atoms with Crippen molar-refractivity contribution in [1.82, 2.24) is 0 Å². The molecular weight excluding hydrogens is 335 g/mol. The number of hydrogen-bond donors (Lipinski definition) is 1. The molecule has 0 saturated carbocycles. The van der Waals surface area contributed by atoms with Crippen molar-refractivity contribution in [3.63, 3.8) is 0 Å². The van der Waals surface area contributed by atoms with Crippen molar-refractivity contribution in [2.45, 2.75) is 19.0 Å². The number of nitrogens with one attached hydrogen (secondary N) is 1. The van der Waals surface area contributed by atoms with Crippen LogP contribution in [0.4, 0.5) is 18.9 Å². The number of alkyl halides is 3. The smallest absolute Gasteiger partial charge is 0.465 e. The molecule has 4 nitrogen and oxygen atoms in total. The number of esters is 1. The van der Waals surface area contributed by atoms with Gasteiger partial charge in [-0.1, -0.05) is 36.4 Å². The SMILES string of the molecule is COC(=O)c1ccc(CCc2ccccc2)c(NC(=O)C(F)(F)F)c1. The number of halogens is 3. The first-order valence-electron chi connectivity index (χ1n) is 7.44. The number of hydrogen-bond acceptors (Lipinski definition) is 3. The van der Waals surface area contributed by atoms with Crippen molar-refractivity contribution in [2.75, 3.05) is 12.4 Å². The van der Waals surface area contributed by atoms with Gasteiger partial charge in [-0.3, -0.25) is 4.79 Å². The lowest BCUT2D eigenvalue weighted by Crippen LogP contribution is -2.30. The molecule has 0 fully saturated rings. The summed E-state index contributed by atoms with van der Waals surface area (Å²) in [6.07, 6.45) is -4.04. The first-order valence-corrected chi connectivity index (χ1v) is 7.44. The van der Waals surface area contributed by atoms with E-state index in [1.54, 1.807) is 0 Å². The summed E-state index contributed by atoms with van der Waals surface area (Å²) in [5, 5.41) is 1.83. The predicted octanol–water partition coefficient (Wildman–Crippen LogP) is 3.76. The van der Waals surface area contributed by atoms with E-state index in [0.717, 1.165) is 5.56 Å². The number of amides is 1. The van der Waals surface area contributed by atoms with Gasteiger partial charge in [-0.25, -0.2) is 4.79 Å². The Balaban J connectivity index is 2.27. The van der Waals surface area contributed by atoms with Crippen LogP contribution in [-0.2, 0) is 22.4 Å². The zero-order chi connectivity index (χ0) is 18.4. The second-order valence-corrected chi connectivity index (χ2v) is 5.30. The molecular formula is C18H16F3NO3. The van der Waals surface area contributed by atoms with E-state index >= 15 is 0 Å². The van der Waals surface area contributed by atoms with Gasteiger partial charge in [0.05, 0.1) is 12.7 Å². The number of aryl methyl sites for hydroxylation is 2. The van der Waals surface area contributed by atoms with Gasteiger partial charge in [-0.05, 0) is 36.1 Å². The van der Waals surface area contributed by atoms with Crippen molar-refractivity contribution in [1.29, 1.82) is 0 Å². The van der Waals surface area contributed by atoms with Gasteiger partial charge in [0.15, 0.2) is 0 Å². The molecule has 132 valence electrons. The molecule has 0 unspecified atom stereocenters. The van der Waals surface area contributed by atoms with Crippen molar-refractivity contribution in [3.8, 4) is 0 Å². The Bertz CT molecular complexity index is 758. The van der Waals surface area contributed by atoms with Crippen LogP contribution >= 0.6 is 0 Å². The number of carbonyl (C=O) groups is 2. The van der Waals surface area contributed by atoms with Gasteiger partial charge in [-0.15, -0.1) is 0 Å². The molecule has 0 aliphatic heterocycles. The maximum absolute atomic E-state index is 12.5. The highest BCUT2D eigenvalue weighted by atomic mass is 19.4. The summed E-state index contributed by atoms with van der Waals surface area (Å²) in [6, 6.07) is 13.5. The average molecular weight is 351 g/mol. The standard InChI is InChI=1S/C18H16F3NO3/c1-25-16(23)14-10-9-13(8-7-12-5-3-2-4-6-12)15(11-14)22-17(24)18(19,20)21/h2-6,9-11H,7-8H2,1H3,(H,22,24). The second-order valence-electron chi connectivity index (χ2n) is 5.30.